The zero-order chi connectivity index (χ0) is 11.4. The maximum Gasteiger partial charge on any atom is 0.0367 e. The van der Waals surface area contributed by atoms with Gasteiger partial charge in [0.15, 0.2) is 0 Å². The first-order valence-electron chi connectivity index (χ1n) is 6.01. The molecule has 0 saturated carbocycles. The third-order valence-electron chi connectivity index (χ3n) is 3.16. The Morgan fingerprint density at radius 3 is 2.81 bits per heavy atom. The lowest BCUT2D eigenvalue weighted by Gasteiger charge is -2.18. The lowest BCUT2D eigenvalue weighted by atomic mass is 10.1. The molecular formula is C13H19BrN2. The van der Waals surface area contributed by atoms with Gasteiger partial charge in [0.05, 0.1) is 0 Å². The minimum absolute atomic E-state index is 0.809. The predicted molar refractivity (Wildman–Crippen MR) is 73.0 cm³/mol. The van der Waals surface area contributed by atoms with Crippen molar-refractivity contribution in [1.29, 1.82) is 0 Å². The van der Waals surface area contributed by atoms with Crippen molar-refractivity contribution < 1.29 is 0 Å². The Hall–Kier alpha value is -0.540. The lowest BCUT2D eigenvalue weighted by molar-refractivity contribution is 0.528. The Bertz CT molecular complexity index is 323. The van der Waals surface area contributed by atoms with E-state index in [9.17, 15) is 0 Å². The number of hydrogen-bond donors (Lipinski definition) is 1. The van der Waals surface area contributed by atoms with Gasteiger partial charge in [-0.25, -0.2) is 0 Å². The molecule has 1 aromatic carbocycles. The van der Waals surface area contributed by atoms with Crippen molar-refractivity contribution in [3.8, 4) is 0 Å². The van der Waals surface area contributed by atoms with E-state index in [0.717, 1.165) is 23.5 Å². The van der Waals surface area contributed by atoms with Crippen molar-refractivity contribution in [2.24, 2.45) is 5.92 Å². The molecule has 1 heterocycles. The van der Waals surface area contributed by atoms with Gasteiger partial charge in [0.25, 0.3) is 0 Å². The van der Waals surface area contributed by atoms with Gasteiger partial charge in [0.1, 0.15) is 0 Å². The van der Waals surface area contributed by atoms with Crippen LogP contribution in [0, 0.1) is 5.92 Å². The molecule has 1 aliphatic rings. The monoisotopic (exact) mass is 282 g/mol. The van der Waals surface area contributed by atoms with E-state index in [-0.39, 0.29) is 0 Å². The molecule has 1 fully saturated rings. The maximum absolute atomic E-state index is 3.47. The molecule has 16 heavy (non-hydrogen) atoms. The molecule has 2 nitrogen and oxygen atoms in total. The second-order valence-electron chi connectivity index (χ2n) is 4.38. The first-order chi connectivity index (χ1) is 7.79. The van der Waals surface area contributed by atoms with Gasteiger partial charge in [-0.05, 0) is 49.7 Å². The Balaban J connectivity index is 1.90. The normalized spacial score (nSPS) is 20.4. The van der Waals surface area contributed by atoms with Crippen molar-refractivity contribution in [3.63, 3.8) is 0 Å². The fourth-order valence-corrected chi connectivity index (χ4v) is 2.50. The van der Waals surface area contributed by atoms with Crippen LogP contribution >= 0.6 is 15.9 Å². The molecule has 3 heteroatoms. The molecule has 0 aromatic heterocycles. The van der Waals surface area contributed by atoms with Crippen LogP contribution in [0.1, 0.15) is 13.3 Å². The number of halogens is 1. The van der Waals surface area contributed by atoms with Crippen LogP contribution in [0.5, 0.6) is 0 Å². The van der Waals surface area contributed by atoms with E-state index in [0.29, 0.717) is 0 Å². The van der Waals surface area contributed by atoms with E-state index in [1.165, 1.54) is 25.2 Å². The summed E-state index contributed by atoms with van der Waals surface area (Å²) >= 11 is 3.47. The van der Waals surface area contributed by atoms with Gasteiger partial charge in [-0.15, -0.1) is 0 Å². The minimum atomic E-state index is 0.809. The Morgan fingerprint density at radius 2 is 2.12 bits per heavy atom. The van der Waals surface area contributed by atoms with Gasteiger partial charge in [-0.3, -0.25) is 0 Å². The quantitative estimate of drug-likeness (QED) is 0.914. The number of anilines is 1. The summed E-state index contributed by atoms with van der Waals surface area (Å²) in [6.45, 7) is 6.78. The van der Waals surface area contributed by atoms with Crippen molar-refractivity contribution in [3.05, 3.63) is 28.7 Å². The molecule has 1 unspecified atom stereocenters. The molecule has 0 amide bonds. The maximum atomic E-state index is 3.47. The lowest BCUT2D eigenvalue weighted by Crippen LogP contribution is -2.26. The molecular weight excluding hydrogens is 264 g/mol. The summed E-state index contributed by atoms with van der Waals surface area (Å²) in [6.07, 6.45) is 1.31. The second-order valence-corrected chi connectivity index (χ2v) is 5.30. The molecule has 88 valence electrons. The molecule has 1 aliphatic heterocycles. The first-order valence-corrected chi connectivity index (χ1v) is 6.80. The van der Waals surface area contributed by atoms with E-state index in [1.54, 1.807) is 0 Å². The van der Waals surface area contributed by atoms with Crippen molar-refractivity contribution in [1.82, 2.24) is 5.32 Å². The minimum Gasteiger partial charge on any atom is -0.371 e. The number of hydrogen-bond acceptors (Lipinski definition) is 2. The van der Waals surface area contributed by atoms with Crippen LogP contribution in [0.4, 0.5) is 5.69 Å². The third kappa shape index (κ3) is 2.98. The Kier molecular flexibility index (Phi) is 4.24. The summed E-state index contributed by atoms with van der Waals surface area (Å²) in [6, 6.07) is 8.62. The summed E-state index contributed by atoms with van der Waals surface area (Å²) in [5.74, 6) is 0.809. The van der Waals surface area contributed by atoms with Crippen molar-refractivity contribution in [2.45, 2.75) is 13.3 Å². The van der Waals surface area contributed by atoms with Crippen LogP contribution in [-0.2, 0) is 0 Å². The largest absolute Gasteiger partial charge is 0.371 e. The number of benzene rings is 1. The highest BCUT2D eigenvalue weighted by molar-refractivity contribution is 9.10. The number of rotatable bonds is 4. The second kappa shape index (κ2) is 5.69. The van der Waals surface area contributed by atoms with Gasteiger partial charge in [0, 0.05) is 23.2 Å². The average Bonchev–Trinajstić information content (AvgIpc) is 2.76. The molecule has 0 radical (unpaired) electrons. The molecule has 1 aromatic rings. The zero-order valence-corrected chi connectivity index (χ0v) is 11.3. The van der Waals surface area contributed by atoms with Crippen LogP contribution in [0.3, 0.4) is 0 Å². The average molecular weight is 283 g/mol. The topological polar surface area (TPSA) is 15.3 Å². The van der Waals surface area contributed by atoms with Crippen LogP contribution in [-0.4, -0.2) is 26.2 Å². The Morgan fingerprint density at radius 1 is 1.38 bits per heavy atom. The fourth-order valence-electron chi connectivity index (χ4n) is 2.23. The summed E-state index contributed by atoms with van der Waals surface area (Å²) in [7, 11) is 0. The summed E-state index contributed by atoms with van der Waals surface area (Å²) in [5.41, 5.74) is 1.35. The van der Waals surface area contributed by atoms with Gasteiger partial charge < -0.3 is 10.2 Å². The molecule has 1 N–H and O–H groups in total. The van der Waals surface area contributed by atoms with E-state index >= 15 is 0 Å². The highest BCUT2D eigenvalue weighted by Gasteiger charge is 2.21. The van der Waals surface area contributed by atoms with E-state index in [2.05, 4.69) is 57.3 Å². The summed E-state index contributed by atoms with van der Waals surface area (Å²) in [5, 5.41) is 3.44. The first kappa shape index (κ1) is 11.9. The van der Waals surface area contributed by atoms with Gasteiger partial charge in [-0.1, -0.05) is 22.9 Å². The van der Waals surface area contributed by atoms with Crippen molar-refractivity contribution >= 4 is 21.6 Å². The summed E-state index contributed by atoms with van der Waals surface area (Å²) < 4.78 is 1.15. The molecule has 0 aliphatic carbocycles. The van der Waals surface area contributed by atoms with E-state index < -0.39 is 0 Å². The molecule has 1 saturated heterocycles. The van der Waals surface area contributed by atoms with E-state index in [4.69, 9.17) is 0 Å². The SMILES string of the molecule is CCNCC1CCN(c2ccc(Br)cc2)C1. The van der Waals surface area contributed by atoms with Gasteiger partial charge in [0.2, 0.25) is 0 Å². The van der Waals surface area contributed by atoms with Crippen LogP contribution in [0.25, 0.3) is 0 Å². The van der Waals surface area contributed by atoms with E-state index in [1.807, 2.05) is 0 Å². The fraction of sp³-hybridized carbons (Fsp3) is 0.538. The molecule has 0 spiro atoms. The smallest absolute Gasteiger partial charge is 0.0367 e. The molecule has 0 bridgehead atoms. The Labute approximate surface area is 106 Å². The van der Waals surface area contributed by atoms with Gasteiger partial charge >= 0.3 is 0 Å². The summed E-state index contributed by atoms with van der Waals surface area (Å²) in [4.78, 5) is 2.48. The number of nitrogens with zero attached hydrogens (tertiary/aromatic N) is 1. The predicted octanol–water partition coefficient (Wildman–Crippen LogP) is 2.88. The highest BCUT2D eigenvalue weighted by Crippen LogP contribution is 2.24. The zero-order valence-electron chi connectivity index (χ0n) is 9.75. The van der Waals surface area contributed by atoms with Crippen LogP contribution in [0.2, 0.25) is 0 Å². The standard InChI is InChI=1S/C13H19BrN2/c1-2-15-9-11-7-8-16(10-11)13-5-3-12(14)4-6-13/h3-6,11,15H,2,7-10H2,1H3. The van der Waals surface area contributed by atoms with Crippen LogP contribution in [0.15, 0.2) is 28.7 Å². The molecule has 2 rings (SSSR count). The molecule has 1 atom stereocenters. The highest BCUT2D eigenvalue weighted by atomic mass is 79.9. The van der Waals surface area contributed by atoms with Crippen molar-refractivity contribution in [2.75, 3.05) is 31.1 Å². The third-order valence-corrected chi connectivity index (χ3v) is 3.69. The van der Waals surface area contributed by atoms with Crippen LogP contribution < -0.4 is 10.2 Å². The van der Waals surface area contributed by atoms with Gasteiger partial charge in [-0.2, -0.15) is 0 Å². The number of nitrogens with one attached hydrogen (secondary N) is 1.